The van der Waals surface area contributed by atoms with Crippen LogP contribution >= 0.6 is 11.8 Å². The van der Waals surface area contributed by atoms with Crippen molar-refractivity contribution in [3.05, 3.63) is 35.6 Å². The van der Waals surface area contributed by atoms with E-state index < -0.39 is 0 Å². The van der Waals surface area contributed by atoms with E-state index in [1.807, 2.05) is 6.07 Å². The van der Waals surface area contributed by atoms with Gasteiger partial charge in [0.15, 0.2) is 0 Å². The molecule has 0 spiro atoms. The molecule has 0 N–H and O–H groups in total. The first-order chi connectivity index (χ1) is 9.65. The summed E-state index contributed by atoms with van der Waals surface area (Å²) < 4.78 is 13.1. The van der Waals surface area contributed by atoms with Gasteiger partial charge in [0.2, 0.25) is 11.8 Å². The number of hydrogen-bond acceptors (Lipinski definition) is 3. The van der Waals surface area contributed by atoms with Gasteiger partial charge in [0.25, 0.3) is 0 Å². The number of hydrogen-bond donors (Lipinski definition) is 0. The van der Waals surface area contributed by atoms with Gasteiger partial charge in [-0.3, -0.25) is 9.59 Å². The monoisotopic (exact) mass is 294 g/mol. The number of halogens is 1. The molecular formula is C14H15FN2O2S. The van der Waals surface area contributed by atoms with Crippen LogP contribution in [0.3, 0.4) is 0 Å². The van der Waals surface area contributed by atoms with Crippen LogP contribution in [0.1, 0.15) is 5.56 Å². The highest BCUT2D eigenvalue weighted by atomic mass is 32.2. The van der Waals surface area contributed by atoms with Crippen LogP contribution in [-0.2, 0) is 16.0 Å². The Kier molecular flexibility index (Phi) is 3.65. The summed E-state index contributed by atoms with van der Waals surface area (Å²) in [6, 6.07) is 6.05. The first-order valence-corrected chi connectivity index (χ1v) is 7.71. The van der Waals surface area contributed by atoms with Crippen molar-refractivity contribution in [2.45, 2.75) is 12.5 Å². The lowest BCUT2D eigenvalue weighted by Gasteiger charge is -2.35. The molecule has 0 aliphatic carbocycles. The number of nitrogens with zero attached hydrogens (tertiary/aromatic N) is 2. The van der Waals surface area contributed by atoms with E-state index in [0.717, 1.165) is 5.56 Å². The molecule has 2 aliphatic heterocycles. The Morgan fingerprint density at radius 2 is 2.20 bits per heavy atom. The molecule has 2 amide bonds. The molecular weight excluding hydrogens is 279 g/mol. The molecule has 2 heterocycles. The van der Waals surface area contributed by atoms with E-state index in [9.17, 15) is 14.0 Å². The van der Waals surface area contributed by atoms with Crippen LogP contribution in [0.15, 0.2) is 24.3 Å². The Morgan fingerprint density at radius 3 is 3.00 bits per heavy atom. The van der Waals surface area contributed by atoms with E-state index >= 15 is 0 Å². The molecule has 106 valence electrons. The van der Waals surface area contributed by atoms with E-state index in [0.29, 0.717) is 24.6 Å². The molecule has 4 nitrogen and oxygen atoms in total. The van der Waals surface area contributed by atoms with Crippen molar-refractivity contribution in [2.75, 3.05) is 24.7 Å². The third kappa shape index (κ3) is 2.52. The fraction of sp³-hybridized carbons (Fsp3) is 0.429. The second-order valence-corrected chi connectivity index (χ2v) is 6.02. The molecule has 2 aliphatic rings. The van der Waals surface area contributed by atoms with Crippen molar-refractivity contribution in [1.82, 2.24) is 9.80 Å². The molecule has 2 saturated heterocycles. The van der Waals surface area contributed by atoms with Gasteiger partial charge in [-0.1, -0.05) is 12.1 Å². The predicted molar refractivity (Wildman–Crippen MR) is 74.6 cm³/mol. The number of thioether (sulfide) groups is 1. The Bertz CT molecular complexity index is 552. The van der Waals surface area contributed by atoms with Crippen LogP contribution in [0.4, 0.5) is 4.39 Å². The molecule has 20 heavy (non-hydrogen) atoms. The summed E-state index contributed by atoms with van der Waals surface area (Å²) in [4.78, 5) is 27.5. The van der Waals surface area contributed by atoms with E-state index in [4.69, 9.17) is 0 Å². The van der Waals surface area contributed by atoms with Gasteiger partial charge >= 0.3 is 0 Å². The van der Waals surface area contributed by atoms with Gasteiger partial charge in [-0.15, -0.1) is 11.8 Å². The number of carbonyl (C=O) groups is 2. The number of carbonyl (C=O) groups excluding carboxylic acids is 2. The first-order valence-electron chi connectivity index (χ1n) is 6.55. The third-order valence-electron chi connectivity index (χ3n) is 3.68. The van der Waals surface area contributed by atoms with Crippen molar-refractivity contribution in [3.8, 4) is 0 Å². The topological polar surface area (TPSA) is 40.6 Å². The first kappa shape index (κ1) is 13.4. The quantitative estimate of drug-likeness (QED) is 0.838. The van der Waals surface area contributed by atoms with Gasteiger partial charge < -0.3 is 9.80 Å². The summed E-state index contributed by atoms with van der Waals surface area (Å²) in [5.41, 5.74) is 0.841. The molecule has 2 fully saturated rings. The summed E-state index contributed by atoms with van der Waals surface area (Å²) in [7, 11) is 0. The van der Waals surface area contributed by atoms with Crippen molar-refractivity contribution in [2.24, 2.45) is 0 Å². The number of piperazine rings is 1. The molecule has 3 rings (SSSR count). The van der Waals surface area contributed by atoms with Crippen LogP contribution < -0.4 is 0 Å². The minimum Gasteiger partial charge on any atom is -0.331 e. The lowest BCUT2D eigenvalue weighted by molar-refractivity contribution is -0.153. The average molecular weight is 294 g/mol. The standard InChI is InChI=1S/C14H15FN2O2S/c15-11-3-1-2-10(6-11)4-5-16-7-13(18)17-9-20-8-12(17)14(16)19/h1-3,6,12H,4-5,7-9H2/t12-/m1/s1. The molecule has 0 unspecified atom stereocenters. The maximum Gasteiger partial charge on any atom is 0.246 e. The molecule has 0 aromatic heterocycles. The maximum absolute atomic E-state index is 13.1. The number of rotatable bonds is 3. The van der Waals surface area contributed by atoms with Crippen LogP contribution in [0.25, 0.3) is 0 Å². The summed E-state index contributed by atoms with van der Waals surface area (Å²) in [6.07, 6.45) is 0.566. The lowest BCUT2D eigenvalue weighted by Crippen LogP contribution is -2.58. The minimum atomic E-state index is -0.297. The normalized spacial score (nSPS) is 22.4. The van der Waals surface area contributed by atoms with Crippen molar-refractivity contribution < 1.29 is 14.0 Å². The molecule has 0 radical (unpaired) electrons. The molecule has 1 aromatic carbocycles. The summed E-state index contributed by atoms with van der Waals surface area (Å²) in [5.74, 6) is 1.06. The Labute approximate surface area is 120 Å². The highest BCUT2D eigenvalue weighted by Gasteiger charge is 2.41. The maximum atomic E-state index is 13.1. The van der Waals surface area contributed by atoms with E-state index in [1.54, 1.807) is 27.6 Å². The van der Waals surface area contributed by atoms with Gasteiger partial charge in [-0.2, -0.15) is 0 Å². The highest BCUT2D eigenvalue weighted by molar-refractivity contribution is 7.99. The zero-order valence-electron chi connectivity index (χ0n) is 10.9. The van der Waals surface area contributed by atoms with Gasteiger partial charge in [0.05, 0.1) is 12.4 Å². The minimum absolute atomic E-state index is 0.0128. The Hall–Kier alpha value is -1.56. The van der Waals surface area contributed by atoms with E-state index in [2.05, 4.69) is 0 Å². The van der Waals surface area contributed by atoms with E-state index in [-0.39, 0.29) is 30.2 Å². The van der Waals surface area contributed by atoms with Crippen LogP contribution in [0.5, 0.6) is 0 Å². The van der Waals surface area contributed by atoms with Gasteiger partial charge in [-0.25, -0.2) is 4.39 Å². The second kappa shape index (κ2) is 5.44. The largest absolute Gasteiger partial charge is 0.331 e. The predicted octanol–water partition coefficient (Wildman–Crippen LogP) is 1.11. The highest BCUT2D eigenvalue weighted by Crippen LogP contribution is 2.26. The molecule has 6 heteroatoms. The molecule has 1 aromatic rings. The molecule has 1 atom stereocenters. The smallest absolute Gasteiger partial charge is 0.246 e. The van der Waals surface area contributed by atoms with Crippen LogP contribution in [0.2, 0.25) is 0 Å². The third-order valence-corrected chi connectivity index (χ3v) is 4.70. The molecule has 0 saturated carbocycles. The summed E-state index contributed by atoms with van der Waals surface area (Å²) in [6.45, 7) is 0.605. The Balaban J connectivity index is 1.65. The zero-order chi connectivity index (χ0) is 14.1. The van der Waals surface area contributed by atoms with E-state index in [1.165, 1.54) is 12.1 Å². The average Bonchev–Trinajstić information content (AvgIpc) is 2.91. The van der Waals surface area contributed by atoms with Crippen LogP contribution in [0, 0.1) is 5.82 Å². The number of benzene rings is 1. The summed E-state index contributed by atoms with van der Waals surface area (Å²) >= 11 is 1.61. The Morgan fingerprint density at radius 1 is 1.35 bits per heavy atom. The number of amides is 2. The fourth-order valence-corrected chi connectivity index (χ4v) is 3.75. The zero-order valence-corrected chi connectivity index (χ0v) is 11.7. The SMILES string of the molecule is O=C1[C@H]2CSCN2C(=O)CN1CCc1cccc(F)c1. The summed E-state index contributed by atoms with van der Waals surface area (Å²) in [5, 5.41) is 0. The molecule has 0 bridgehead atoms. The van der Waals surface area contributed by atoms with Gasteiger partial charge in [0.1, 0.15) is 11.9 Å². The lowest BCUT2D eigenvalue weighted by atomic mass is 10.1. The number of fused-ring (bicyclic) bond motifs is 1. The second-order valence-electron chi connectivity index (χ2n) is 5.02. The van der Waals surface area contributed by atoms with Crippen molar-refractivity contribution in [3.63, 3.8) is 0 Å². The van der Waals surface area contributed by atoms with Gasteiger partial charge in [0, 0.05) is 12.3 Å². The van der Waals surface area contributed by atoms with Crippen molar-refractivity contribution >= 4 is 23.6 Å². The van der Waals surface area contributed by atoms with Crippen LogP contribution in [-0.4, -0.2) is 52.4 Å². The van der Waals surface area contributed by atoms with Crippen molar-refractivity contribution in [1.29, 1.82) is 0 Å². The fourth-order valence-electron chi connectivity index (χ4n) is 2.58. The van der Waals surface area contributed by atoms with Gasteiger partial charge in [-0.05, 0) is 24.1 Å².